The minimum absolute atomic E-state index is 0.149. The lowest BCUT2D eigenvalue weighted by molar-refractivity contribution is -0.141. The van der Waals surface area contributed by atoms with Gasteiger partial charge < -0.3 is 14.2 Å². The van der Waals surface area contributed by atoms with Crippen LogP contribution in [0.15, 0.2) is 83.4 Å². The lowest BCUT2D eigenvalue weighted by atomic mass is 9.89. The van der Waals surface area contributed by atoms with Crippen LogP contribution in [0, 0.1) is 0 Å². The van der Waals surface area contributed by atoms with Crippen molar-refractivity contribution in [2.75, 3.05) is 36.0 Å². The Bertz CT molecular complexity index is 1470. The second-order valence-electron chi connectivity index (χ2n) is 11.1. The number of nitrogens with zero attached hydrogens (tertiary/aromatic N) is 4. The van der Waals surface area contributed by atoms with Gasteiger partial charge in [-0.05, 0) is 60.3 Å². The molecule has 9 heteroatoms. The molecule has 2 aromatic carbocycles. The zero-order valence-corrected chi connectivity index (χ0v) is 23.3. The summed E-state index contributed by atoms with van der Waals surface area (Å²) in [4.78, 5) is 25.3. The fraction of sp³-hybridized carbons (Fsp3) is 0.364. The van der Waals surface area contributed by atoms with Crippen molar-refractivity contribution in [2.24, 2.45) is 0 Å². The topological polar surface area (TPSA) is 62.5 Å². The highest BCUT2D eigenvalue weighted by Crippen LogP contribution is 2.37. The van der Waals surface area contributed by atoms with E-state index in [0.717, 1.165) is 44.6 Å². The molecule has 0 saturated carbocycles. The molecule has 2 fully saturated rings. The first-order chi connectivity index (χ1) is 20.3. The summed E-state index contributed by atoms with van der Waals surface area (Å²) < 4.78 is 47.2. The average Bonchev–Trinajstić information content (AvgIpc) is 3.50. The third kappa shape index (κ3) is 6.20. The first kappa shape index (κ1) is 28.0. The number of alkyl halides is 3. The maximum absolute atomic E-state index is 13.9. The second kappa shape index (κ2) is 12.0. The maximum Gasteiger partial charge on any atom is 0.437 e. The monoisotopic (exact) mass is 574 g/mol. The van der Waals surface area contributed by atoms with Crippen LogP contribution in [0.1, 0.15) is 70.5 Å². The van der Waals surface area contributed by atoms with Crippen molar-refractivity contribution < 1.29 is 22.4 Å². The van der Waals surface area contributed by atoms with Gasteiger partial charge in [0, 0.05) is 38.8 Å². The number of oxazole rings is 1. The Morgan fingerprint density at radius 2 is 1.33 bits per heavy atom. The summed E-state index contributed by atoms with van der Waals surface area (Å²) in [6.45, 7) is 2.73. The molecule has 42 heavy (non-hydrogen) atoms. The van der Waals surface area contributed by atoms with Crippen LogP contribution in [0.2, 0.25) is 0 Å². The SMILES string of the molecule is O=C(Cc1ccc(N2CCC(c3ccccc3)CC2)nc1)c1oc(N2CCC(c3ccccc3)CC2)nc1C(F)(F)F. The van der Waals surface area contributed by atoms with E-state index in [-0.39, 0.29) is 12.4 Å². The van der Waals surface area contributed by atoms with Gasteiger partial charge in [0.05, 0.1) is 0 Å². The number of hydrogen-bond donors (Lipinski definition) is 0. The molecule has 0 N–H and O–H groups in total. The number of ketones is 1. The van der Waals surface area contributed by atoms with Crippen LogP contribution in [0.25, 0.3) is 0 Å². The average molecular weight is 575 g/mol. The first-order valence-corrected chi connectivity index (χ1v) is 14.5. The van der Waals surface area contributed by atoms with Gasteiger partial charge in [0.25, 0.3) is 6.01 Å². The van der Waals surface area contributed by atoms with Crippen molar-refractivity contribution in [3.8, 4) is 0 Å². The standard InChI is InChI=1S/C33H33F3N4O2/c34-33(35,36)31-30(42-32(38-31)40-19-15-27(16-20-40)25-9-5-2-6-10-25)28(41)21-23-11-12-29(37-22-23)39-17-13-26(14-18-39)24-7-3-1-4-8-24/h1-12,22,26-27H,13-21H2. The third-order valence-corrected chi connectivity index (χ3v) is 8.44. The number of carbonyl (C=O) groups is 1. The van der Waals surface area contributed by atoms with Crippen molar-refractivity contribution in [1.82, 2.24) is 9.97 Å². The van der Waals surface area contributed by atoms with Crippen LogP contribution in [0.3, 0.4) is 0 Å². The summed E-state index contributed by atoms with van der Waals surface area (Å²) in [5.74, 6) is 0.137. The van der Waals surface area contributed by atoms with Gasteiger partial charge in [0.15, 0.2) is 5.69 Å². The van der Waals surface area contributed by atoms with Crippen molar-refractivity contribution in [1.29, 1.82) is 0 Å². The molecule has 0 bridgehead atoms. The summed E-state index contributed by atoms with van der Waals surface area (Å²) in [6.07, 6.45) is 0.0708. The van der Waals surface area contributed by atoms with Crippen molar-refractivity contribution in [3.63, 3.8) is 0 Å². The lowest BCUT2D eigenvalue weighted by Crippen LogP contribution is -2.33. The summed E-state index contributed by atoms with van der Waals surface area (Å²) in [6, 6.07) is 24.0. The maximum atomic E-state index is 13.9. The van der Waals surface area contributed by atoms with Crippen molar-refractivity contribution >= 4 is 17.6 Å². The highest BCUT2D eigenvalue weighted by atomic mass is 19.4. The fourth-order valence-corrected chi connectivity index (χ4v) is 6.10. The molecule has 2 saturated heterocycles. The zero-order chi connectivity index (χ0) is 29.1. The van der Waals surface area contributed by atoms with Crippen LogP contribution >= 0.6 is 0 Å². The summed E-state index contributed by atoms with van der Waals surface area (Å²) in [5, 5.41) is 0. The minimum atomic E-state index is -4.80. The number of benzene rings is 2. The molecule has 4 aromatic rings. The Kier molecular flexibility index (Phi) is 8.00. The van der Waals surface area contributed by atoms with Gasteiger partial charge in [0.2, 0.25) is 11.5 Å². The van der Waals surface area contributed by atoms with Gasteiger partial charge in [-0.25, -0.2) is 4.98 Å². The number of Topliss-reactive ketones (excluding diaryl/α,β-unsaturated/α-hetero) is 1. The van der Waals surface area contributed by atoms with E-state index in [9.17, 15) is 18.0 Å². The lowest BCUT2D eigenvalue weighted by Gasteiger charge is -2.33. The number of aromatic nitrogens is 2. The predicted octanol–water partition coefficient (Wildman–Crippen LogP) is 7.28. The van der Waals surface area contributed by atoms with E-state index in [1.54, 1.807) is 17.2 Å². The predicted molar refractivity (Wildman–Crippen MR) is 155 cm³/mol. The minimum Gasteiger partial charge on any atom is -0.420 e. The molecule has 2 aliphatic heterocycles. The molecule has 0 unspecified atom stereocenters. The first-order valence-electron chi connectivity index (χ1n) is 14.5. The molecule has 6 nitrogen and oxygen atoms in total. The van der Waals surface area contributed by atoms with Gasteiger partial charge in [0.1, 0.15) is 5.82 Å². The smallest absolute Gasteiger partial charge is 0.420 e. The van der Waals surface area contributed by atoms with E-state index < -0.39 is 23.4 Å². The zero-order valence-electron chi connectivity index (χ0n) is 23.3. The van der Waals surface area contributed by atoms with Crippen LogP contribution in [0.4, 0.5) is 25.0 Å². The highest BCUT2D eigenvalue weighted by Gasteiger charge is 2.42. The van der Waals surface area contributed by atoms with Gasteiger partial charge in [-0.2, -0.15) is 18.2 Å². The van der Waals surface area contributed by atoms with Crippen LogP contribution < -0.4 is 9.80 Å². The normalized spacial score (nSPS) is 17.0. The van der Waals surface area contributed by atoms with Gasteiger partial charge >= 0.3 is 6.18 Å². The van der Waals surface area contributed by atoms with Gasteiger partial charge in [-0.3, -0.25) is 4.79 Å². The second-order valence-corrected chi connectivity index (χ2v) is 11.1. The van der Waals surface area contributed by atoms with E-state index in [2.05, 4.69) is 51.3 Å². The van der Waals surface area contributed by atoms with Crippen LogP contribution in [-0.4, -0.2) is 41.9 Å². The Hall–Kier alpha value is -4.14. The number of carbonyl (C=O) groups excluding carboxylic acids is 1. The molecule has 0 aliphatic carbocycles. The van der Waals surface area contributed by atoms with E-state index in [0.29, 0.717) is 30.5 Å². The van der Waals surface area contributed by atoms with Crippen molar-refractivity contribution in [3.05, 3.63) is 107 Å². The Balaban J connectivity index is 1.09. The Labute approximate surface area is 243 Å². The summed E-state index contributed by atoms with van der Waals surface area (Å²) in [7, 11) is 0. The quantitative estimate of drug-likeness (QED) is 0.216. The Morgan fingerprint density at radius 3 is 1.83 bits per heavy atom. The molecular formula is C33H33F3N4O2. The number of piperidine rings is 2. The van der Waals surface area contributed by atoms with Gasteiger partial charge in [-0.1, -0.05) is 66.7 Å². The Morgan fingerprint density at radius 1 is 0.786 bits per heavy atom. The molecule has 0 spiro atoms. The van der Waals surface area contributed by atoms with E-state index >= 15 is 0 Å². The van der Waals surface area contributed by atoms with E-state index in [1.165, 1.54) is 11.1 Å². The number of rotatable bonds is 7. The summed E-state index contributed by atoms with van der Waals surface area (Å²) in [5.41, 5.74) is 1.83. The van der Waals surface area contributed by atoms with Crippen LogP contribution in [-0.2, 0) is 12.6 Å². The molecule has 6 rings (SSSR count). The molecule has 4 heterocycles. The van der Waals surface area contributed by atoms with Crippen molar-refractivity contribution in [2.45, 2.75) is 50.1 Å². The molecular weight excluding hydrogens is 541 g/mol. The van der Waals surface area contributed by atoms with Crippen LogP contribution in [0.5, 0.6) is 0 Å². The number of halogens is 3. The fourth-order valence-electron chi connectivity index (χ4n) is 6.10. The van der Waals surface area contributed by atoms with Gasteiger partial charge in [-0.15, -0.1) is 0 Å². The number of hydrogen-bond acceptors (Lipinski definition) is 6. The molecule has 0 atom stereocenters. The third-order valence-electron chi connectivity index (χ3n) is 8.44. The molecule has 2 aliphatic rings. The van der Waals surface area contributed by atoms with E-state index in [4.69, 9.17) is 4.42 Å². The highest BCUT2D eigenvalue weighted by molar-refractivity contribution is 5.96. The molecule has 218 valence electrons. The molecule has 0 amide bonds. The molecule has 2 aromatic heterocycles. The largest absolute Gasteiger partial charge is 0.437 e. The number of pyridine rings is 1. The van der Waals surface area contributed by atoms with E-state index in [1.807, 2.05) is 30.3 Å². The summed E-state index contributed by atoms with van der Waals surface area (Å²) >= 11 is 0. The number of anilines is 2. The molecule has 0 radical (unpaired) electrons.